The summed E-state index contributed by atoms with van der Waals surface area (Å²) in [6.07, 6.45) is 3.19. The van der Waals surface area contributed by atoms with E-state index in [0.717, 1.165) is 36.4 Å². The number of likely N-dealkylation sites (tertiary alicyclic amines) is 1. The number of carbonyl (C=O) groups excluding carboxylic acids is 1. The number of nitrogens with one attached hydrogen (secondary N) is 1. The Bertz CT molecular complexity index is 1010. The minimum Gasteiger partial charge on any atom is -0.312 e. The second-order valence-corrected chi connectivity index (χ2v) is 9.61. The van der Waals surface area contributed by atoms with Gasteiger partial charge in [-0.15, -0.1) is 0 Å². The van der Waals surface area contributed by atoms with E-state index in [-0.39, 0.29) is 17.3 Å². The largest absolute Gasteiger partial charge is 0.312 e. The van der Waals surface area contributed by atoms with Gasteiger partial charge in [-0.3, -0.25) is 9.69 Å². The van der Waals surface area contributed by atoms with Crippen molar-refractivity contribution in [2.45, 2.75) is 44.2 Å². The molecule has 0 aliphatic carbocycles. The molecule has 7 heteroatoms. The molecule has 2 heterocycles. The highest BCUT2D eigenvalue weighted by molar-refractivity contribution is 7.89. The molecule has 0 bridgehead atoms. The molecule has 2 aliphatic heterocycles. The molecule has 0 radical (unpaired) electrons. The second kappa shape index (κ2) is 8.26. The van der Waals surface area contributed by atoms with Crippen molar-refractivity contribution in [2.24, 2.45) is 0 Å². The number of carbonyl (C=O) groups is 1. The summed E-state index contributed by atoms with van der Waals surface area (Å²) in [5.74, 6) is -0.0219. The standard InChI is InChI=1S/C22H27N3O3S/c1-17(26)25-12-9-20-14-21(7-8-22(20)25)29(27,28)23-15-18-5-4-6-19(13-18)16-24-10-2-3-11-24/h4-8,13-14,23H,2-3,9-12,15-16H2,1H3. The van der Waals surface area contributed by atoms with Crippen LogP contribution < -0.4 is 9.62 Å². The number of sulfonamides is 1. The SMILES string of the molecule is CC(=O)N1CCc2cc(S(=O)(=O)NCc3cccc(CN4CCCC4)c3)ccc21. The van der Waals surface area contributed by atoms with Crippen molar-refractivity contribution >= 4 is 21.6 Å². The summed E-state index contributed by atoms with van der Waals surface area (Å²) >= 11 is 0. The van der Waals surface area contributed by atoms with Crippen LogP contribution in [-0.4, -0.2) is 38.9 Å². The number of benzene rings is 2. The first-order valence-corrected chi connectivity index (χ1v) is 11.6. The van der Waals surface area contributed by atoms with E-state index in [9.17, 15) is 13.2 Å². The maximum Gasteiger partial charge on any atom is 0.240 e. The molecule has 4 rings (SSSR count). The first-order chi connectivity index (χ1) is 13.9. The van der Waals surface area contributed by atoms with Gasteiger partial charge in [0.2, 0.25) is 15.9 Å². The van der Waals surface area contributed by atoms with Crippen LogP contribution in [0.25, 0.3) is 0 Å². The summed E-state index contributed by atoms with van der Waals surface area (Å²) in [6.45, 7) is 5.57. The van der Waals surface area contributed by atoms with Gasteiger partial charge in [0.15, 0.2) is 0 Å². The highest BCUT2D eigenvalue weighted by Crippen LogP contribution is 2.30. The Balaban J connectivity index is 1.44. The molecule has 1 N–H and O–H groups in total. The van der Waals surface area contributed by atoms with Crippen LogP contribution in [-0.2, 0) is 34.3 Å². The predicted molar refractivity (Wildman–Crippen MR) is 113 cm³/mol. The maximum absolute atomic E-state index is 12.8. The van der Waals surface area contributed by atoms with E-state index in [1.54, 1.807) is 23.1 Å². The molecule has 1 saturated heterocycles. The monoisotopic (exact) mass is 413 g/mol. The van der Waals surface area contributed by atoms with Crippen molar-refractivity contribution in [3.63, 3.8) is 0 Å². The van der Waals surface area contributed by atoms with Crippen LogP contribution in [0.5, 0.6) is 0 Å². The van der Waals surface area contributed by atoms with Crippen LogP contribution in [0.2, 0.25) is 0 Å². The Morgan fingerprint density at radius 1 is 1.03 bits per heavy atom. The van der Waals surface area contributed by atoms with E-state index in [4.69, 9.17) is 0 Å². The Morgan fingerprint density at radius 3 is 2.55 bits per heavy atom. The minimum atomic E-state index is -3.62. The van der Waals surface area contributed by atoms with Gasteiger partial charge in [0.05, 0.1) is 4.90 Å². The Kier molecular flexibility index (Phi) is 5.72. The summed E-state index contributed by atoms with van der Waals surface area (Å²) < 4.78 is 28.3. The third-order valence-electron chi connectivity index (χ3n) is 5.70. The summed E-state index contributed by atoms with van der Waals surface area (Å²) in [4.78, 5) is 16.0. The fourth-order valence-corrected chi connectivity index (χ4v) is 5.24. The van der Waals surface area contributed by atoms with E-state index in [0.29, 0.717) is 13.0 Å². The molecular weight excluding hydrogens is 386 g/mol. The van der Waals surface area contributed by atoms with Crippen molar-refractivity contribution in [1.29, 1.82) is 0 Å². The molecule has 1 fully saturated rings. The van der Waals surface area contributed by atoms with Crippen molar-refractivity contribution in [3.8, 4) is 0 Å². The average Bonchev–Trinajstić information content (AvgIpc) is 3.36. The summed E-state index contributed by atoms with van der Waals surface area (Å²) in [6, 6.07) is 13.1. The third-order valence-corrected chi connectivity index (χ3v) is 7.10. The number of anilines is 1. The molecule has 0 saturated carbocycles. The van der Waals surface area contributed by atoms with Gasteiger partial charge in [0, 0.05) is 32.2 Å². The molecule has 1 amide bonds. The molecule has 2 aromatic rings. The Labute approximate surface area is 172 Å². The number of hydrogen-bond donors (Lipinski definition) is 1. The summed E-state index contributed by atoms with van der Waals surface area (Å²) in [5.41, 5.74) is 3.88. The highest BCUT2D eigenvalue weighted by Gasteiger charge is 2.24. The Hall–Kier alpha value is -2.22. The zero-order chi connectivity index (χ0) is 20.4. The zero-order valence-corrected chi connectivity index (χ0v) is 17.5. The Morgan fingerprint density at radius 2 is 1.79 bits per heavy atom. The van der Waals surface area contributed by atoms with Crippen LogP contribution in [0.1, 0.15) is 36.5 Å². The first-order valence-electron chi connectivity index (χ1n) is 10.1. The number of amides is 1. The number of fused-ring (bicyclic) bond motifs is 1. The van der Waals surface area contributed by atoms with Crippen LogP contribution in [0.4, 0.5) is 5.69 Å². The van der Waals surface area contributed by atoms with Crippen molar-refractivity contribution in [3.05, 3.63) is 59.2 Å². The lowest BCUT2D eigenvalue weighted by atomic mass is 10.1. The molecular formula is C22H27N3O3S. The molecule has 154 valence electrons. The van der Waals surface area contributed by atoms with E-state index >= 15 is 0 Å². The highest BCUT2D eigenvalue weighted by atomic mass is 32.2. The van der Waals surface area contributed by atoms with E-state index in [1.807, 2.05) is 12.1 Å². The molecule has 2 aliphatic rings. The second-order valence-electron chi connectivity index (χ2n) is 7.84. The summed E-state index contributed by atoms with van der Waals surface area (Å²) in [7, 11) is -3.62. The normalized spacial score (nSPS) is 16.9. The van der Waals surface area contributed by atoms with Gasteiger partial charge < -0.3 is 4.90 Å². The lowest BCUT2D eigenvalue weighted by Gasteiger charge is -2.16. The van der Waals surface area contributed by atoms with Gasteiger partial charge >= 0.3 is 0 Å². The fourth-order valence-electron chi connectivity index (χ4n) is 4.17. The van der Waals surface area contributed by atoms with Crippen molar-refractivity contribution in [1.82, 2.24) is 9.62 Å². The third kappa shape index (κ3) is 4.52. The van der Waals surface area contributed by atoms with Crippen molar-refractivity contribution in [2.75, 3.05) is 24.5 Å². The zero-order valence-electron chi connectivity index (χ0n) is 16.7. The van der Waals surface area contributed by atoms with Crippen LogP contribution in [0.15, 0.2) is 47.4 Å². The van der Waals surface area contributed by atoms with E-state index < -0.39 is 10.0 Å². The molecule has 0 spiro atoms. The average molecular weight is 414 g/mol. The predicted octanol–water partition coefficient (Wildman–Crippen LogP) is 2.67. The molecule has 0 atom stereocenters. The molecule has 29 heavy (non-hydrogen) atoms. The first kappa shape index (κ1) is 20.1. The topological polar surface area (TPSA) is 69.7 Å². The smallest absolute Gasteiger partial charge is 0.240 e. The minimum absolute atomic E-state index is 0.0219. The molecule has 0 unspecified atom stereocenters. The maximum atomic E-state index is 12.8. The van der Waals surface area contributed by atoms with Gasteiger partial charge in [0.25, 0.3) is 0 Å². The van der Waals surface area contributed by atoms with Gasteiger partial charge in [-0.2, -0.15) is 0 Å². The number of rotatable bonds is 6. The van der Waals surface area contributed by atoms with E-state index in [1.165, 1.54) is 25.3 Å². The summed E-state index contributed by atoms with van der Waals surface area (Å²) in [5, 5.41) is 0. The fraction of sp³-hybridized carbons (Fsp3) is 0.409. The number of hydrogen-bond acceptors (Lipinski definition) is 4. The van der Waals surface area contributed by atoms with Crippen LogP contribution in [0, 0.1) is 0 Å². The van der Waals surface area contributed by atoms with Crippen LogP contribution >= 0.6 is 0 Å². The molecule has 2 aromatic carbocycles. The van der Waals surface area contributed by atoms with Crippen molar-refractivity contribution < 1.29 is 13.2 Å². The lowest BCUT2D eigenvalue weighted by molar-refractivity contribution is -0.116. The van der Waals surface area contributed by atoms with Gasteiger partial charge in [-0.05, 0) is 67.2 Å². The number of nitrogens with zero attached hydrogens (tertiary/aromatic N) is 2. The van der Waals surface area contributed by atoms with Gasteiger partial charge in [-0.25, -0.2) is 13.1 Å². The lowest BCUT2D eigenvalue weighted by Crippen LogP contribution is -2.26. The van der Waals surface area contributed by atoms with Gasteiger partial charge in [0.1, 0.15) is 0 Å². The van der Waals surface area contributed by atoms with Crippen LogP contribution in [0.3, 0.4) is 0 Å². The molecule has 0 aromatic heterocycles. The van der Waals surface area contributed by atoms with E-state index in [2.05, 4.69) is 21.8 Å². The molecule has 6 nitrogen and oxygen atoms in total. The van der Waals surface area contributed by atoms with Gasteiger partial charge in [-0.1, -0.05) is 24.3 Å². The quantitative estimate of drug-likeness (QED) is 0.791.